The van der Waals surface area contributed by atoms with Gasteiger partial charge in [-0.25, -0.2) is 4.79 Å². The average Bonchev–Trinajstić information content (AvgIpc) is 2.29. The topological polar surface area (TPSA) is 102 Å². The molecule has 0 heterocycles. The van der Waals surface area contributed by atoms with E-state index in [1.54, 1.807) is 6.07 Å². The number of benzene rings is 1. The summed E-state index contributed by atoms with van der Waals surface area (Å²) in [6, 6.07) is 4.48. The molecule has 1 rings (SSSR count). The van der Waals surface area contributed by atoms with E-state index in [0.717, 1.165) is 0 Å². The first kappa shape index (κ1) is 14.2. The lowest BCUT2D eigenvalue weighted by molar-refractivity contribution is -0.385. The van der Waals surface area contributed by atoms with Crippen molar-refractivity contribution in [1.82, 2.24) is 5.32 Å². The van der Waals surface area contributed by atoms with Crippen LogP contribution >= 0.6 is 15.9 Å². The van der Waals surface area contributed by atoms with Crippen molar-refractivity contribution in [1.29, 1.82) is 0 Å². The molecular weight excluding hydrogens is 308 g/mol. The molecule has 0 radical (unpaired) electrons. The fourth-order valence-corrected chi connectivity index (χ4v) is 1.55. The molecule has 7 nitrogen and oxygen atoms in total. The molecule has 0 saturated carbocycles. The van der Waals surface area contributed by atoms with E-state index in [9.17, 15) is 14.9 Å². The second-order valence-electron chi connectivity index (χ2n) is 3.30. The van der Waals surface area contributed by atoms with E-state index in [2.05, 4.69) is 21.2 Å². The van der Waals surface area contributed by atoms with Crippen LogP contribution in [0.15, 0.2) is 22.7 Å². The molecule has 0 saturated heterocycles. The lowest BCUT2D eigenvalue weighted by Gasteiger charge is -2.06. The first-order valence-electron chi connectivity index (χ1n) is 5.04. The maximum absolute atomic E-state index is 10.8. The highest BCUT2D eigenvalue weighted by Gasteiger charge is 2.15. The number of halogens is 1. The van der Waals surface area contributed by atoms with Gasteiger partial charge in [0.15, 0.2) is 5.75 Å². The molecule has 0 atom stereocenters. The van der Waals surface area contributed by atoms with E-state index in [0.29, 0.717) is 10.9 Å². The fraction of sp³-hybridized carbons (Fsp3) is 0.300. The van der Waals surface area contributed by atoms with E-state index in [1.165, 1.54) is 12.1 Å². The normalized spacial score (nSPS) is 9.83. The highest BCUT2D eigenvalue weighted by molar-refractivity contribution is 9.10. The second kappa shape index (κ2) is 6.80. The zero-order valence-corrected chi connectivity index (χ0v) is 10.8. The van der Waals surface area contributed by atoms with Crippen LogP contribution in [0, 0.1) is 10.1 Å². The Hall–Kier alpha value is -1.83. The Morgan fingerprint density at radius 3 is 2.89 bits per heavy atom. The van der Waals surface area contributed by atoms with Gasteiger partial charge in [-0.3, -0.25) is 10.1 Å². The molecule has 0 bridgehead atoms. The van der Waals surface area contributed by atoms with Crippen molar-refractivity contribution in [3.05, 3.63) is 32.8 Å². The molecule has 0 aliphatic carbocycles. The van der Waals surface area contributed by atoms with Crippen LogP contribution in [0.2, 0.25) is 0 Å². The van der Waals surface area contributed by atoms with E-state index in [1.807, 2.05) is 0 Å². The van der Waals surface area contributed by atoms with E-state index in [4.69, 9.17) is 9.84 Å². The summed E-state index contributed by atoms with van der Waals surface area (Å²) >= 11 is 3.14. The van der Waals surface area contributed by atoms with Crippen LogP contribution in [0.25, 0.3) is 0 Å². The zero-order valence-electron chi connectivity index (χ0n) is 9.26. The Labute approximate surface area is 111 Å². The molecular formula is C10H11BrN2O5. The predicted molar refractivity (Wildman–Crippen MR) is 66.9 cm³/mol. The van der Waals surface area contributed by atoms with Crippen molar-refractivity contribution in [3.8, 4) is 5.75 Å². The molecule has 8 heteroatoms. The first-order valence-corrected chi connectivity index (χ1v) is 5.83. The Balaban J connectivity index is 2.51. The van der Waals surface area contributed by atoms with Crippen LogP contribution in [-0.2, 0) is 0 Å². The number of nitrogens with zero attached hydrogens (tertiary/aromatic N) is 1. The number of carboxylic acid groups (broad SMARTS) is 1. The van der Waals surface area contributed by atoms with Gasteiger partial charge in [-0.05, 0) is 18.6 Å². The molecule has 18 heavy (non-hydrogen) atoms. The summed E-state index contributed by atoms with van der Waals surface area (Å²) in [6.45, 7) is 0.433. The number of hydrogen-bond acceptors (Lipinski definition) is 4. The van der Waals surface area contributed by atoms with Crippen molar-refractivity contribution in [2.45, 2.75) is 6.42 Å². The Kier molecular flexibility index (Phi) is 5.37. The molecule has 0 unspecified atom stereocenters. The largest absolute Gasteiger partial charge is 0.487 e. The molecule has 0 aliphatic rings. The Morgan fingerprint density at radius 1 is 1.56 bits per heavy atom. The highest BCUT2D eigenvalue weighted by Crippen LogP contribution is 2.29. The van der Waals surface area contributed by atoms with Gasteiger partial charge in [-0.15, -0.1) is 0 Å². The lowest BCUT2D eigenvalue weighted by atomic mass is 10.3. The summed E-state index contributed by atoms with van der Waals surface area (Å²) in [5, 5.41) is 21.3. The van der Waals surface area contributed by atoms with Crippen LogP contribution in [-0.4, -0.2) is 29.3 Å². The molecule has 0 aromatic heterocycles. The van der Waals surface area contributed by atoms with Crippen molar-refractivity contribution in [2.75, 3.05) is 13.2 Å². The molecule has 0 aliphatic heterocycles. The maximum Gasteiger partial charge on any atom is 0.404 e. The van der Waals surface area contributed by atoms with Gasteiger partial charge < -0.3 is 15.2 Å². The third-order valence-electron chi connectivity index (χ3n) is 1.97. The maximum atomic E-state index is 10.8. The quantitative estimate of drug-likeness (QED) is 0.476. The average molecular weight is 319 g/mol. The van der Waals surface area contributed by atoms with Gasteiger partial charge in [0.1, 0.15) is 0 Å². The van der Waals surface area contributed by atoms with Crippen molar-refractivity contribution < 1.29 is 19.6 Å². The molecule has 2 N–H and O–H groups in total. The number of nitrogens with one attached hydrogen (secondary N) is 1. The van der Waals surface area contributed by atoms with Gasteiger partial charge in [0.25, 0.3) is 0 Å². The van der Waals surface area contributed by atoms with Crippen molar-refractivity contribution in [3.63, 3.8) is 0 Å². The van der Waals surface area contributed by atoms with Crippen LogP contribution in [0.3, 0.4) is 0 Å². The van der Waals surface area contributed by atoms with Gasteiger partial charge >= 0.3 is 11.8 Å². The van der Waals surface area contributed by atoms with Crippen LogP contribution in [0.1, 0.15) is 6.42 Å². The van der Waals surface area contributed by atoms with E-state index in [-0.39, 0.29) is 24.6 Å². The number of carbonyl (C=O) groups is 1. The number of amides is 1. The Bertz CT molecular complexity index is 452. The first-order chi connectivity index (χ1) is 8.50. The third-order valence-corrected chi connectivity index (χ3v) is 2.47. The SMILES string of the molecule is O=C(O)NCCCOc1ccc(Br)cc1[N+](=O)[O-]. The van der Waals surface area contributed by atoms with Gasteiger partial charge in [0, 0.05) is 17.1 Å². The minimum atomic E-state index is -1.11. The molecule has 0 spiro atoms. The van der Waals surface area contributed by atoms with Gasteiger partial charge in [-0.2, -0.15) is 0 Å². The highest BCUT2D eigenvalue weighted by atomic mass is 79.9. The van der Waals surface area contributed by atoms with Gasteiger partial charge in [-0.1, -0.05) is 15.9 Å². The van der Waals surface area contributed by atoms with Crippen molar-refractivity contribution in [2.24, 2.45) is 0 Å². The Morgan fingerprint density at radius 2 is 2.28 bits per heavy atom. The van der Waals surface area contributed by atoms with Gasteiger partial charge in [0.05, 0.1) is 11.5 Å². The molecule has 98 valence electrons. The summed E-state index contributed by atoms with van der Waals surface area (Å²) in [4.78, 5) is 20.4. The lowest BCUT2D eigenvalue weighted by Crippen LogP contribution is -2.23. The minimum Gasteiger partial charge on any atom is -0.487 e. The molecule has 1 amide bonds. The van der Waals surface area contributed by atoms with Crippen LogP contribution in [0.4, 0.5) is 10.5 Å². The van der Waals surface area contributed by atoms with Crippen LogP contribution in [0.5, 0.6) is 5.75 Å². The van der Waals surface area contributed by atoms with E-state index < -0.39 is 11.0 Å². The van der Waals surface area contributed by atoms with Crippen LogP contribution < -0.4 is 10.1 Å². The number of rotatable bonds is 6. The number of hydrogen-bond donors (Lipinski definition) is 2. The van der Waals surface area contributed by atoms with E-state index >= 15 is 0 Å². The summed E-state index contributed by atoms with van der Waals surface area (Å²) in [7, 11) is 0. The zero-order chi connectivity index (χ0) is 13.5. The number of nitro groups is 1. The summed E-state index contributed by atoms with van der Waals surface area (Å²) in [5.41, 5.74) is -0.129. The molecule has 1 aromatic rings. The van der Waals surface area contributed by atoms with Gasteiger partial charge in [0.2, 0.25) is 0 Å². The monoisotopic (exact) mass is 318 g/mol. The standard InChI is InChI=1S/C10H11BrN2O5/c11-7-2-3-9(8(6-7)13(16)17)18-5-1-4-12-10(14)15/h2-3,6,12H,1,4-5H2,(H,14,15). The summed E-state index contributed by atoms with van der Waals surface area (Å²) < 4.78 is 5.83. The number of nitro benzene ring substituents is 1. The third kappa shape index (κ3) is 4.58. The summed E-state index contributed by atoms with van der Waals surface area (Å²) in [6.07, 6.45) is -0.677. The number of ether oxygens (including phenoxy) is 1. The minimum absolute atomic E-state index is 0.129. The van der Waals surface area contributed by atoms with Crippen molar-refractivity contribution >= 4 is 27.7 Å². The predicted octanol–water partition coefficient (Wildman–Crippen LogP) is 2.39. The second-order valence-corrected chi connectivity index (χ2v) is 4.22. The molecule has 0 fully saturated rings. The summed E-state index contributed by atoms with van der Waals surface area (Å²) in [5.74, 6) is 0.165. The molecule has 1 aromatic carbocycles. The fourth-order valence-electron chi connectivity index (χ4n) is 1.20. The smallest absolute Gasteiger partial charge is 0.404 e.